The number of nitrogens with zero attached hydrogens (tertiary/aromatic N) is 5. The molecule has 0 aliphatic carbocycles. The molecular formula is C14H16N6. The van der Waals surface area contributed by atoms with Crippen LogP contribution in [0.4, 0.5) is 5.95 Å². The van der Waals surface area contributed by atoms with Crippen LogP contribution in [-0.4, -0.2) is 30.9 Å². The summed E-state index contributed by atoms with van der Waals surface area (Å²) in [5.41, 5.74) is 1.09. The number of anilines is 1. The van der Waals surface area contributed by atoms with Gasteiger partial charge in [-0.3, -0.25) is 9.25 Å². The van der Waals surface area contributed by atoms with Gasteiger partial charge in [-0.25, -0.2) is 9.97 Å². The lowest BCUT2D eigenvalue weighted by Crippen LogP contribution is -2.10. The van der Waals surface area contributed by atoms with Crippen molar-refractivity contribution in [1.29, 1.82) is 0 Å². The standard InChI is InChI=1S/C14H16N6/c1-19-11-17-13(18-19)7-8-15-14-16-9-10-20(14)12-5-3-2-4-6-12/h2-6,9-11H,7-8H2,1H3,(H,15,16). The molecule has 0 atom stereocenters. The summed E-state index contributed by atoms with van der Waals surface area (Å²) in [5.74, 6) is 1.66. The first-order valence-corrected chi connectivity index (χ1v) is 6.50. The maximum absolute atomic E-state index is 4.33. The number of aryl methyl sites for hydroxylation is 1. The van der Waals surface area contributed by atoms with E-state index in [9.17, 15) is 0 Å². The largest absolute Gasteiger partial charge is 0.355 e. The first-order valence-electron chi connectivity index (χ1n) is 6.50. The van der Waals surface area contributed by atoms with Gasteiger partial charge in [-0.05, 0) is 12.1 Å². The van der Waals surface area contributed by atoms with Crippen LogP contribution in [0, 0.1) is 0 Å². The van der Waals surface area contributed by atoms with Gasteiger partial charge in [0.15, 0.2) is 5.82 Å². The van der Waals surface area contributed by atoms with Gasteiger partial charge in [0.05, 0.1) is 0 Å². The minimum atomic E-state index is 0.744. The molecule has 6 nitrogen and oxygen atoms in total. The van der Waals surface area contributed by atoms with E-state index in [2.05, 4.69) is 20.4 Å². The molecule has 1 aromatic carbocycles. The van der Waals surface area contributed by atoms with E-state index in [0.717, 1.165) is 30.4 Å². The Bertz CT molecular complexity index is 670. The highest BCUT2D eigenvalue weighted by Gasteiger charge is 2.04. The van der Waals surface area contributed by atoms with E-state index in [1.54, 1.807) is 17.2 Å². The van der Waals surface area contributed by atoms with Crippen LogP contribution in [0.3, 0.4) is 0 Å². The lowest BCUT2D eigenvalue weighted by atomic mass is 10.3. The first-order chi connectivity index (χ1) is 9.83. The third-order valence-electron chi connectivity index (χ3n) is 2.95. The lowest BCUT2D eigenvalue weighted by molar-refractivity contribution is 0.741. The minimum absolute atomic E-state index is 0.744. The maximum Gasteiger partial charge on any atom is 0.207 e. The molecule has 2 aromatic heterocycles. The molecule has 0 aliphatic rings. The van der Waals surface area contributed by atoms with Gasteiger partial charge in [0.1, 0.15) is 6.33 Å². The Labute approximate surface area is 117 Å². The summed E-state index contributed by atoms with van der Waals surface area (Å²) >= 11 is 0. The van der Waals surface area contributed by atoms with Gasteiger partial charge in [-0.1, -0.05) is 18.2 Å². The van der Waals surface area contributed by atoms with E-state index in [-0.39, 0.29) is 0 Å². The Morgan fingerprint density at radius 3 is 2.75 bits per heavy atom. The molecule has 0 bridgehead atoms. The molecule has 0 aliphatic heterocycles. The van der Waals surface area contributed by atoms with Crippen LogP contribution < -0.4 is 5.32 Å². The fraction of sp³-hybridized carbons (Fsp3) is 0.214. The van der Waals surface area contributed by atoms with Crippen LogP contribution >= 0.6 is 0 Å². The number of para-hydroxylation sites is 1. The van der Waals surface area contributed by atoms with E-state index in [1.807, 2.05) is 48.1 Å². The quantitative estimate of drug-likeness (QED) is 0.764. The first kappa shape index (κ1) is 12.4. The second kappa shape index (κ2) is 5.56. The normalized spacial score (nSPS) is 10.7. The number of hydrogen-bond donors (Lipinski definition) is 1. The van der Waals surface area contributed by atoms with Crippen LogP contribution in [-0.2, 0) is 13.5 Å². The zero-order valence-corrected chi connectivity index (χ0v) is 11.3. The zero-order chi connectivity index (χ0) is 13.8. The topological polar surface area (TPSA) is 60.6 Å². The molecule has 0 saturated carbocycles. The number of hydrogen-bond acceptors (Lipinski definition) is 4. The van der Waals surface area contributed by atoms with Crippen molar-refractivity contribution in [2.75, 3.05) is 11.9 Å². The van der Waals surface area contributed by atoms with Crippen LogP contribution in [0.5, 0.6) is 0 Å². The van der Waals surface area contributed by atoms with Crippen molar-refractivity contribution in [1.82, 2.24) is 24.3 Å². The summed E-state index contributed by atoms with van der Waals surface area (Å²) in [6.07, 6.45) is 6.20. The Kier molecular flexibility index (Phi) is 3.45. The molecule has 3 rings (SSSR count). The van der Waals surface area contributed by atoms with Gasteiger partial charge < -0.3 is 5.32 Å². The molecule has 0 saturated heterocycles. The summed E-state index contributed by atoms with van der Waals surface area (Å²) < 4.78 is 3.73. The molecule has 102 valence electrons. The molecule has 1 N–H and O–H groups in total. The number of aromatic nitrogens is 5. The van der Waals surface area contributed by atoms with E-state index >= 15 is 0 Å². The predicted octanol–water partition coefficient (Wildman–Crippen LogP) is 1.66. The van der Waals surface area contributed by atoms with Crippen LogP contribution in [0.25, 0.3) is 5.69 Å². The van der Waals surface area contributed by atoms with Crippen molar-refractivity contribution in [3.8, 4) is 5.69 Å². The second-order valence-corrected chi connectivity index (χ2v) is 4.47. The molecule has 6 heteroatoms. The number of nitrogens with one attached hydrogen (secondary N) is 1. The highest BCUT2D eigenvalue weighted by atomic mass is 15.3. The van der Waals surface area contributed by atoms with Crippen LogP contribution in [0.15, 0.2) is 49.1 Å². The SMILES string of the molecule is Cn1cnc(CCNc2nccn2-c2ccccc2)n1. The van der Waals surface area contributed by atoms with E-state index in [4.69, 9.17) is 0 Å². The zero-order valence-electron chi connectivity index (χ0n) is 11.3. The molecule has 20 heavy (non-hydrogen) atoms. The predicted molar refractivity (Wildman–Crippen MR) is 76.8 cm³/mol. The second-order valence-electron chi connectivity index (χ2n) is 4.47. The highest BCUT2D eigenvalue weighted by Crippen LogP contribution is 2.13. The Hall–Kier alpha value is -2.63. The van der Waals surface area contributed by atoms with Gasteiger partial charge in [0.25, 0.3) is 0 Å². The van der Waals surface area contributed by atoms with Crippen LogP contribution in [0.1, 0.15) is 5.82 Å². The molecule has 0 spiro atoms. The summed E-state index contributed by atoms with van der Waals surface area (Å²) in [5, 5.41) is 7.56. The van der Waals surface area contributed by atoms with Gasteiger partial charge in [-0.15, -0.1) is 0 Å². The lowest BCUT2D eigenvalue weighted by Gasteiger charge is -2.08. The summed E-state index contributed by atoms with van der Waals surface area (Å²) in [6, 6.07) is 10.1. The van der Waals surface area contributed by atoms with E-state index in [0.29, 0.717) is 0 Å². The molecule has 3 aromatic rings. The van der Waals surface area contributed by atoms with Crippen molar-refractivity contribution in [3.63, 3.8) is 0 Å². The average Bonchev–Trinajstić information content (AvgIpc) is 3.09. The summed E-state index contributed by atoms with van der Waals surface area (Å²) in [7, 11) is 1.87. The third-order valence-corrected chi connectivity index (χ3v) is 2.95. The van der Waals surface area contributed by atoms with Crippen molar-refractivity contribution < 1.29 is 0 Å². The van der Waals surface area contributed by atoms with Gasteiger partial charge in [0.2, 0.25) is 5.95 Å². The highest BCUT2D eigenvalue weighted by molar-refractivity contribution is 5.41. The smallest absolute Gasteiger partial charge is 0.207 e. The average molecular weight is 268 g/mol. The van der Waals surface area contributed by atoms with E-state index < -0.39 is 0 Å². The van der Waals surface area contributed by atoms with Gasteiger partial charge in [0, 0.05) is 38.1 Å². The fourth-order valence-electron chi connectivity index (χ4n) is 2.02. The molecule has 0 radical (unpaired) electrons. The van der Waals surface area contributed by atoms with Gasteiger partial charge in [-0.2, -0.15) is 5.10 Å². The summed E-state index contributed by atoms with van der Waals surface area (Å²) in [6.45, 7) is 0.744. The molecular weight excluding hydrogens is 252 g/mol. The summed E-state index contributed by atoms with van der Waals surface area (Å²) in [4.78, 5) is 8.53. The monoisotopic (exact) mass is 268 g/mol. The van der Waals surface area contributed by atoms with Crippen LogP contribution in [0.2, 0.25) is 0 Å². The van der Waals surface area contributed by atoms with Crippen molar-refractivity contribution in [2.24, 2.45) is 7.05 Å². The fourth-order valence-corrected chi connectivity index (χ4v) is 2.02. The van der Waals surface area contributed by atoms with Crippen molar-refractivity contribution in [3.05, 3.63) is 54.9 Å². The molecule has 0 unspecified atom stereocenters. The molecule has 2 heterocycles. The Morgan fingerprint density at radius 1 is 1.15 bits per heavy atom. The van der Waals surface area contributed by atoms with Crippen molar-refractivity contribution in [2.45, 2.75) is 6.42 Å². The number of imidazole rings is 1. The maximum atomic E-state index is 4.33. The minimum Gasteiger partial charge on any atom is -0.355 e. The van der Waals surface area contributed by atoms with Crippen molar-refractivity contribution >= 4 is 5.95 Å². The van der Waals surface area contributed by atoms with E-state index in [1.165, 1.54) is 0 Å². The molecule has 0 fully saturated rings. The molecule has 0 amide bonds. The Balaban J connectivity index is 1.65. The number of rotatable bonds is 5. The number of benzene rings is 1. The third kappa shape index (κ3) is 2.69. The Morgan fingerprint density at radius 2 is 2.00 bits per heavy atom. The van der Waals surface area contributed by atoms with Gasteiger partial charge >= 0.3 is 0 Å².